The Morgan fingerprint density at radius 3 is 2.78 bits per heavy atom. The number of halogens is 1. The Hall–Kier alpha value is -2.31. The van der Waals surface area contributed by atoms with Gasteiger partial charge in [-0.25, -0.2) is 4.79 Å². The van der Waals surface area contributed by atoms with Crippen molar-refractivity contribution in [2.75, 3.05) is 19.5 Å². The summed E-state index contributed by atoms with van der Waals surface area (Å²) in [6, 6.07) is 11.3. The number of hydrogen-bond acceptors (Lipinski definition) is 4. The van der Waals surface area contributed by atoms with Crippen LogP contribution in [0.4, 0.5) is 5.69 Å². The maximum atomic E-state index is 11.8. The van der Waals surface area contributed by atoms with E-state index in [2.05, 4.69) is 22.8 Å². The Labute approximate surface area is 169 Å². The van der Waals surface area contributed by atoms with Gasteiger partial charge in [0.05, 0.1) is 30.8 Å². The number of esters is 1. The van der Waals surface area contributed by atoms with E-state index < -0.39 is 5.97 Å². The van der Waals surface area contributed by atoms with Gasteiger partial charge in [-0.2, -0.15) is 0 Å². The fourth-order valence-corrected chi connectivity index (χ4v) is 3.72. The minimum absolute atomic E-state index is 0.132. The average molecular weight is 405 g/mol. The van der Waals surface area contributed by atoms with E-state index in [1.165, 1.54) is 18.2 Å². The molecule has 0 fully saturated rings. The molecule has 0 aromatic heterocycles. The van der Waals surface area contributed by atoms with Crippen LogP contribution in [0.15, 0.2) is 36.4 Å². The van der Waals surface area contributed by atoms with Crippen molar-refractivity contribution in [1.29, 1.82) is 0 Å². The van der Waals surface area contributed by atoms with Crippen molar-refractivity contribution in [3.8, 4) is 5.75 Å². The average Bonchev–Trinajstić information content (AvgIpc) is 2.68. The predicted molar refractivity (Wildman–Crippen MR) is 111 cm³/mol. The molecule has 1 atom stereocenters. The summed E-state index contributed by atoms with van der Waals surface area (Å²) in [6.45, 7) is 0. The summed E-state index contributed by atoms with van der Waals surface area (Å²) >= 11 is 11.5. The molecule has 2 N–H and O–H groups in total. The zero-order valence-electron chi connectivity index (χ0n) is 15.2. The second-order valence-corrected chi connectivity index (χ2v) is 7.11. The molecule has 2 aromatic carbocycles. The monoisotopic (exact) mass is 404 g/mol. The highest BCUT2D eigenvalue weighted by molar-refractivity contribution is 7.80. The number of rotatable bonds is 4. The lowest BCUT2D eigenvalue weighted by atomic mass is 9.87. The first-order chi connectivity index (χ1) is 13.0. The Bertz CT molecular complexity index is 872. The molecule has 5 nitrogen and oxygen atoms in total. The van der Waals surface area contributed by atoms with Crippen molar-refractivity contribution in [1.82, 2.24) is 5.32 Å². The molecular formula is C20H21ClN2O3S. The van der Waals surface area contributed by atoms with E-state index in [1.807, 2.05) is 6.07 Å². The number of benzene rings is 2. The van der Waals surface area contributed by atoms with Crippen LogP contribution in [-0.2, 0) is 11.2 Å². The summed E-state index contributed by atoms with van der Waals surface area (Å²) in [7, 11) is 2.99. The molecule has 0 aliphatic heterocycles. The van der Waals surface area contributed by atoms with Gasteiger partial charge in [0.1, 0.15) is 5.75 Å². The third kappa shape index (κ3) is 4.51. The number of nitrogens with one attached hydrogen (secondary N) is 2. The van der Waals surface area contributed by atoms with Gasteiger partial charge in [0, 0.05) is 5.69 Å². The lowest BCUT2D eigenvalue weighted by Crippen LogP contribution is -2.34. The molecule has 7 heteroatoms. The van der Waals surface area contributed by atoms with Crippen LogP contribution >= 0.6 is 23.8 Å². The lowest BCUT2D eigenvalue weighted by Gasteiger charge is -2.28. The topological polar surface area (TPSA) is 59.6 Å². The first-order valence-electron chi connectivity index (χ1n) is 8.64. The van der Waals surface area contributed by atoms with Gasteiger partial charge in [0.2, 0.25) is 0 Å². The molecule has 0 saturated heterocycles. The zero-order valence-corrected chi connectivity index (χ0v) is 16.7. The van der Waals surface area contributed by atoms with Crippen LogP contribution in [-0.4, -0.2) is 25.3 Å². The normalized spacial score (nSPS) is 15.4. The van der Waals surface area contributed by atoms with Gasteiger partial charge in [-0.05, 0) is 72.9 Å². The smallest absolute Gasteiger partial charge is 0.339 e. The molecule has 27 heavy (non-hydrogen) atoms. The van der Waals surface area contributed by atoms with Gasteiger partial charge in [0.25, 0.3) is 0 Å². The Kier molecular flexibility index (Phi) is 6.19. The van der Waals surface area contributed by atoms with Crippen molar-refractivity contribution in [2.24, 2.45) is 0 Å². The fraction of sp³-hybridized carbons (Fsp3) is 0.300. The number of thiocarbonyl (C=S) groups is 1. The van der Waals surface area contributed by atoms with E-state index in [0.29, 0.717) is 21.4 Å². The molecule has 2 aromatic rings. The number of ether oxygens (including phenoxy) is 2. The van der Waals surface area contributed by atoms with Gasteiger partial charge in [0.15, 0.2) is 5.11 Å². The van der Waals surface area contributed by atoms with Gasteiger partial charge < -0.3 is 20.1 Å². The van der Waals surface area contributed by atoms with Crippen molar-refractivity contribution in [3.63, 3.8) is 0 Å². The molecule has 3 rings (SSSR count). The largest absolute Gasteiger partial charge is 0.497 e. The molecule has 0 saturated carbocycles. The van der Waals surface area contributed by atoms with Crippen molar-refractivity contribution in [2.45, 2.75) is 25.3 Å². The quantitative estimate of drug-likeness (QED) is 0.578. The fourth-order valence-electron chi connectivity index (χ4n) is 3.26. The summed E-state index contributed by atoms with van der Waals surface area (Å²) in [4.78, 5) is 11.8. The van der Waals surface area contributed by atoms with E-state index in [-0.39, 0.29) is 6.04 Å². The molecule has 1 unspecified atom stereocenters. The minimum atomic E-state index is -0.488. The molecule has 1 aliphatic carbocycles. The first-order valence-corrected chi connectivity index (χ1v) is 9.42. The maximum Gasteiger partial charge on any atom is 0.339 e. The van der Waals surface area contributed by atoms with Crippen LogP contribution in [0.5, 0.6) is 5.75 Å². The first kappa shape index (κ1) is 19.5. The van der Waals surface area contributed by atoms with Gasteiger partial charge in [-0.1, -0.05) is 17.7 Å². The van der Waals surface area contributed by atoms with Crippen LogP contribution in [0.3, 0.4) is 0 Å². The standard InChI is InChI=1S/C20H21ClN2O3S/c1-25-14-7-8-15-12(10-14)4-3-5-18(15)23-20(27)22-13-6-9-17(21)16(11-13)19(24)26-2/h6-11,18H,3-5H2,1-2H3,(H2,22,23,27). The molecule has 0 heterocycles. The molecular weight excluding hydrogens is 384 g/mol. The Morgan fingerprint density at radius 1 is 1.22 bits per heavy atom. The van der Waals surface area contributed by atoms with Gasteiger partial charge in [-0.3, -0.25) is 0 Å². The van der Waals surface area contributed by atoms with E-state index >= 15 is 0 Å². The van der Waals surface area contributed by atoms with Gasteiger partial charge in [-0.15, -0.1) is 0 Å². The minimum Gasteiger partial charge on any atom is -0.497 e. The third-order valence-corrected chi connectivity index (χ3v) is 5.15. The number of hydrogen-bond donors (Lipinski definition) is 2. The van der Waals surface area contributed by atoms with E-state index in [4.69, 9.17) is 33.3 Å². The second kappa shape index (κ2) is 8.59. The Morgan fingerprint density at radius 2 is 2.04 bits per heavy atom. The number of methoxy groups -OCH3 is 2. The van der Waals surface area contributed by atoms with Crippen LogP contribution in [0.1, 0.15) is 40.4 Å². The van der Waals surface area contributed by atoms with Crippen LogP contribution in [0.2, 0.25) is 5.02 Å². The third-order valence-electron chi connectivity index (χ3n) is 4.60. The number of carbonyl (C=O) groups excluding carboxylic acids is 1. The second-order valence-electron chi connectivity index (χ2n) is 6.29. The zero-order chi connectivity index (χ0) is 19.4. The number of fused-ring (bicyclic) bond motifs is 1. The van der Waals surface area contributed by atoms with Crippen molar-refractivity contribution in [3.05, 3.63) is 58.1 Å². The molecule has 142 valence electrons. The summed E-state index contributed by atoms with van der Waals surface area (Å²) in [6.07, 6.45) is 3.10. The van der Waals surface area contributed by atoms with Crippen LogP contribution < -0.4 is 15.4 Å². The predicted octanol–water partition coefficient (Wildman–Crippen LogP) is 4.50. The van der Waals surface area contributed by atoms with Crippen LogP contribution in [0, 0.1) is 0 Å². The van der Waals surface area contributed by atoms with E-state index in [9.17, 15) is 4.79 Å². The van der Waals surface area contributed by atoms with Gasteiger partial charge >= 0.3 is 5.97 Å². The van der Waals surface area contributed by atoms with Crippen molar-refractivity contribution >= 4 is 40.6 Å². The molecule has 0 bridgehead atoms. The van der Waals surface area contributed by atoms with Crippen molar-refractivity contribution < 1.29 is 14.3 Å². The number of aryl methyl sites for hydroxylation is 1. The Balaban J connectivity index is 1.71. The van der Waals surface area contributed by atoms with Crippen LogP contribution in [0.25, 0.3) is 0 Å². The highest BCUT2D eigenvalue weighted by Crippen LogP contribution is 2.32. The number of anilines is 1. The lowest BCUT2D eigenvalue weighted by molar-refractivity contribution is 0.0601. The molecule has 1 aliphatic rings. The summed E-state index contributed by atoms with van der Waals surface area (Å²) in [5, 5.41) is 7.31. The molecule has 0 amide bonds. The number of carbonyl (C=O) groups is 1. The highest BCUT2D eigenvalue weighted by Gasteiger charge is 2.21. The highest BCUT2D eigenvalue weighted by atomic mass is 35.5. The summed E-state index contributed by atoms with van der Waals surface area (Å²) < 4.78 is 10.1. The molecule has 0 spiro atoms. The SMILES string of the molecule is COC(=O)c1cc(NC(=S)NC2CCCc3cc(OC)ccc32)ccc1Cl. The van der Waals surface area contributed by atoms with E-state index in [1.54, 1.807) is 25.3 Å². The molecule has 0 radical (unpaired) electrons. The summed E-state index contributed by atoms with van der Waals surface area (Å²) in [5.41, 5.74) is 3.48. The maximum absolute atomic E-state index is 11.8. The summed E-state index contributed by atoms with van der Waals surface area (Å²) in [5.74, 6) is 0.379. The van der Waals surface area contributed by atoms with E-state index in [0.717, 1.165) is 25.0 Å².